The number of esters is 1. The molecule has 0 aliphatic carbocycles. The first-order valence-electron chi connectivity index (χ1n) is 12.0. The second-order valence-electron chi connectivity index (χ2n) is 8.91. The van der Waals surface area contributed by atoms with Gasteiger partial charge in [0.15, 0.2) is 0 Å². The fraction of sp³-hybridized carbons (Fsp3) is 0.500. The first-order chi connectivity index (χ1) is 16.3. The highest BCUT2D eigenvalue weighted by Gasteiger charge is 2.33. The molecule has 2 aromatic carbocycles. The first kappa shape index (κ1) is 24.9. The van der Waals surface area contributed by atoms with Crippen molar-refractivity contribution in [1.29, 1.82) is 0 Å². The number of carbonyl (C=O) groups excluding carboxylic acids is 1. The molecule has 184 valence electrons. The molecular formula is C26H31F3N2O2S. The molecule has 0 bridgehead atoms. The minimum Gasteiger partial charge on any atom is -0.461 e. The number of halogens is 3. The monoisotopic (exact) mass is 492 g/mol. The van der Waals surface area contributed by atoms with Crippen LogP contribution in [0.3, 0.4) is 0 Å². The normalized spacial score (nSPS) is 18.0. The molecule has 2 heterocycles. The number of carbonyl (C=O) groups is 1. The number of benzene rings is 2. The molecule has 2 aliphatic rings. The standard InChI is InChI=1S/C26H31F3N2O2S/c1-2-3-4-10-25(32)33-20-13-16-30(18-20)14-7-15-31-21-8-5-6-9-23(21)34-24-12-11-19(17-22(24)31)26(27,28)29/h5-6,8-9,11-12,17,20H,2-4,7,10,13-16,18H2,1H3. The number of hydrogen-bond acceptors (Lipinski definition) is 5. The number of ether oxygens (including phenoxy) is 1. The molecule has 0 aromatic heterocycles. The Hall–Kier alpha value is -2.19. The van der Waals surface area contributed by atoms with Crippen LogP contribution in [0.25, 0.3) is 0 Å². The maximum Gasteiger partial charge on any atom is 0.416 e. The Morgan fingerprint density at radius 2 is 1.85 bits per heavy atom. The van der Waals surface area contributed by atoms with E-state index in [1.165, 1.54) is 17.8 Å². The molecule has 2 aliphatic heterocycles. The van der Waals surface area contributed by atoms with Gasteiger partial charge in [0.1, 0.15) is 6.10 Å². The maximum atomic E-state index is 13.4. The van der Waals surface area contributed by atoms with E-state index in [1.54, 1.807) is 6.07 Å². The lowest BCUT2D eigenvalue weighted by atomic mass is 10.1. The highest BCUT2D eigenvalue weighted by molar-refractivity contribution is 7.99. The fourth-order valence-corrected chi connectivity index (χ4v) is 5.64. The Bertz CT molecular complexity index is 998. The summed E-state index contributed by atoms with van der Waals surface area (Å²) in [7, 11) is 0. The molecule has 34 heavy (non-hydrogen) atoms. The number of nitrogens with zero attached hydrogens (tertiary/aromatic N) is 2. The predicted octanol–water partition coefficient (Wildman–Crippen LogP) is 6.90. The smallest absolute Gasteiger partial charge is 0.416 e. The van der Waals surface area contributed by atoms with Gasteiger partial charge in [-0.1, -0.05) is 43.7 Å². The average molecular weight is 493 g/mol. The van der Waals surface area contributed by atoms with Gasteiger partial charge in [-0.25, -0.2) is 0 Å². The SMILES string of the molecule is CCCCCC(=O)OC1CCN(CCCN2c3ccccc3Sc3ccc(C(F)(F)F)cc32)C1. The summed E-state index contributed by atoms with van der Waals surface area (Å²) in [5.74, 6) is -0.111. The lowest BCUT2D eigenvalue weighted by molar-refractivity contribution is -0.148. The highest BCUT2D eigenvalue weighted by Crippen LogP contribution is 2.49. The third-order valence-electron chi connectivity index (χ3n) is 6.32. The molecule has 2 aromatic rings. The van der Waals surface area contributed by atoms with E-state index in [0.29, 0.717) is 18.7 Å². The summed E-state index contributed by atoms with van der Waals surface area (Å²) in [6.45, 7) is 5.12. The summed E-state index contributed by atoms with van der Waals surface area (Å²) in [5, 5.41) is 0. The van der Waals surface area contributed by atoms with E-state index >= 15 is 0 Å². The average Bonchev–Trinajstić information content (AvgIpc) is 3.24. The molecule has 0 saturated carbocycles. The van der Waals surface area contributed by atoms with Gasteiger partial charge < -0.3 is 9.64 Å². The number of para-hydroxylation sites is 1. The zero-order valence-electron chi connectivity index (χ0n) is 19.4. The minimum atomic E-state index is -4.37. The van der Waals surface area contributed by atoms with Crippen LogP contribution in [-0.2, 0) is 15.7 Å². The van der Waals surface area contributed by atoms with Crippen molar-refractivity contribution in [2.24, 2.45) is 0 Å². The number of rotatable bonds is 9. The second-order valence-corrected chi connectivity index (χ2v) is 10.00. The van der Waals surface area contributed by atoms with Crippen molar-refractivity contribution in [1.82, 2.24) is 4.90 Å². The van der Waals surface area contributed by atoms with Crippen molar-refractivity contribution in [3.63, 3.8) is 0 Å². The van der Waals surface area contributed by atoms with E-state index < -0.39 is 11.7 Å². The molecule has 4 rings (SSSR count). The lowest BCUT2D eigenvalue weighted by Gasteiger charge is -2.33. The molecule has 0 N–H and O–H groups in total. The first-order valence-corrected chi connectivity index (χ1v) is 12.8. The number of alkyl halides is 3. The van der Waals surface area contributed by atoms with Crippen LogP contribution in [0.5, 0.6) is 0 Å². The van der Waals surface area contributed by atoms with Crippen molar-refractivity contribution in [2.75, 3.05) is 31.1 Å². The van der Waals surface area contributed by atoms with Crippen LogP contribution < -0.4 is 4.90 Å². The van der Waals surface area contributed by atoms with Gasteiger partial charge in [-0.15, -0.1) is 0 Å². The van der Waals surface area contributed by atoms with E-state index in [-0.39, 0.29) is 12.1 Å². The molecule has 0 radical (unpaired) electrons. The zero-order chi connectivity index (χ0) is 24.1. The molecular weight excluding hydrogens is 461 g/mol. The molecule has 1 saturated heterocycles. The van der Waals surface area contributed by atoms with E-state index in [1.807, 2.05) is 29.2 Å². The Balaban J connectivity index is 1.37. The number of likely N-dealkylation sites (tertiary alicyclic amines) is 1. The van der Waals surface area contributed by atoms with Crippen molar-refractivity contribution < 1.29 is 22.7 Å². The van der Waals surface area contributed by atoms with Gasteiger partial charge in [0.25, 0.3) is 0 Å². The van der Waals surface area contributed by atoms with Crippen LogP contribution >= 0.6 is 11.8 Å². The highest BCUT2D eigenvalue weighted by atomic mass is 32.2. The van der Waals surface area contributed by atoms with Gasteiger partial charge in [0.05, 0.1) is 16.9 Å². The topological polar surface area (TPSA) is 32.8 Å². The van der Waals surface area contributed by atoms with Crippen LogP contribution in [0.15, 0.2) is 52.3 Å². The molecule has 8 heteroatoms. The molecule has 1 fully saturated rings. The minimum absolute atomic E-state index is 0.0590. The summed E-state index contributed by atoms with van der Waals surface area (Å²) in [5.41, 5.74) is 0.929. The van der Waals surface area contributed by atoms with Crippen LogP contribution in [0.2, 0.25) is 0 Å². The Labute approximate surface area is 203 Å². The zero-order valence-corrected chi connectivity index (χ0v) is 20.3. The summed E-state index contributed by atoms with van der Waals surface area (Å²) >= 11 is 1.51. The van der Waals surface area contributed by atoms with E-state index in [4.69, 9.17) is 4.74 Å². The fourth-order valence-electron chi connectivity index (χ4n) is 4.56. The number of fused-ring (bicyclic) bond motifs is 2. The van der Waals surface area contributed by atoms with Crippen molar-refractivity contribution in [3.05, 3.63) is 48.0 Å². The second kappa shape index (κ2) is 11.0. The number of hydrogen-bond donors (Lipinski definition) is 0. The largest absolute Gasteiger partial charge is 0.461 e. The Morgan fingerprint density at radius 3 is 2.65 bits per heavy atom. The predicted molar refractivity (Wildman–Crippen MR) is 129 cm³/mol. The summed E-state index contributed by atoms with van der Waals surface area (Å²) < 4.78 is 45.8. The molecule has 1 unspecified atom stereocenters. The van der Waals surface area contributed by atoms with Crippen LogP contribution in [0.1, 0.15) is 51.0 Å². The van der Waals surface area contributed by atoms with Gasteiger partial charge in [-0.3, -0.25) is 9.69 Å². The summed E-state index contributed by atoms with van der Waals surface area (Å²) in [6.07, 6.45) is 0.670. The quantitative estimate of drug-likeness (QED) is 0.281. The summed E-state index contributed by atoms with van der Waals surface area (Å²) in [4.78, 5) is 18.2. The van der Waals surface area contributed by atoms with Gasteiger partial charge in [0.2, 0.25) is 0 Å². The molecule has 4 nitrogen and oxygen atoms in total. The van der Waals surface area contributed by atoms with E-state index in [0.717, 1.165) is 73.3 Å². The van der Waals surface area contributed by atoms with Crippen molar-refractivity contribution >= 4 is 29.1 Å². The molecule has 1 atom stereocenters. The van der Waals surface area contributed by atoms with E-state index in [9.17, 15) is 18.0 Å². The molecule has 0 amide bonds. The summed E-state index contributed by atoms with van der Waals surface area (Å²) in [6, 6.07) is 11.8. The molecule has 0 spiro atoms. The van der Waals surface area contributed by atoms with Crippen LogP contribution in [-0.4, -0.2) is 43.2 Å². The Kier molecular flexibility index (Phi) is 8.09. The lowest BCUT2D eigenvalue weighted by Crippen LogP contribution is -2.29. The third kappa shape index (κ3) is 6.08. The van der Waals surface area contributed by atoms with Gasteiger partial charge in [0, 0.05) is 35.8 Å². The number of anilines is 2. The third-order valence-corrected chi connectivity index (χ3v) is 7.45. The van der Waals surface area contributed by atoms with Crippen molar-refractivity contribution in [2.45, 2.75) is 67.5 Å². The van der Waals surface area contributed by atoms with Gasteiger partial charge in [-0.2, -0.15) is 13.2 Å². The maximum absolute atomic E-state index is 13.4. The van der Waals surface area contributed by atoms with Crippen LogP contribution in [0, 0.1) is 0 Å². The number of unbranched alkanes of at least 4 members (excludes halogenated alkanes) is 2. The van der Waals surface area contributed by atoms with Gasteiger partial charge >= 0.3 is 12.1 Å². The van der Waals surface area contributed by atoms with Crippen molar-refractivity contribution in [3.8, 4) is 0 Å². The van der Waals surface area contributed by atoms with Gasteiger partial charge in [-0.05, 0) is 56.1 Å². The van der Waals surface area contributed by atoms with E-state index in [2.05, 4.69) is 11.8 Å². The Morgan fingerprint density at radius 1 is 1.06 bits per heavy atom. The van der Waals surface area contributed by atoms with Crippen LogP contribution in [0.4, 0.5) is 24.5 Å².